The van der Waals surface area contributed by atoms with Crippen molar-refractivity contribution in [3.8, 4) is 5.69 Å². The molecule has 7 heteroatoms. The molecule has 6 nitrogen and oxygen atoms in total. The number of aromatic nitrogens is 1. The van der Waals surface area contributed by atoms with Crippen molar-refractivity contribution in [1.29, 1.82) is 0 Å². The summed E-state index contributed by atoms with van der Waals surface area (Å²) in [5, 5.41) is 12.1. The number of halogens is 1. The van der Waals surface area contributed by atoms with Gasteiger partial charge >= 0.3 is 5.97 Å². The zero-order valence-corrected chi connectivity index (χ0v) is 21.7. The van der Waals surface area contributed by atoms with Gasteiger partial charge in [0.1, 0.15) is 0 Å². The van der Waals surface area contributed by atoms with E-state index >= 15 is 0 Å². The van der Waals surface area contributed by atoms with Crippen LogP contribution in [0.15, 0.2) is 71.3 Å². The van der Waals surface area contributed by atoms with Gasteiger partial charge < -0.3 is 9.30 Å². The van der Waals surface area contributed by atoms with E-state index in [1.54, 1.807) is 12.1 Å². The fourth-order valence-electron chi connectivity index (χ4n) is 4.47. The Labute approximate surface area is 212 Å². The Morgan fingerprint density at radius 2 is 1.80 bits per heavy atom. The van der Waals surface area contributed by atoms with Crippen LogP contribution >= 0.6 is 15.9 Å². The number of non-ortho nitro benzene ring substituents is 1. The zero-order valence-electron chi connectivity index (χ0n) is 20.1. The minimum absolute atomic E-state index is 0.0444. The number of nitro benzene ring substituents is 1. The summed E-state index contributed by atoms with van der Waals surface area (Å²) in [4.78, 5) is 23.9. The molecule has 180 valence electrons. The van der Waals surface area contributed by atoms with Crippen LogP contribution in [0, 0.1) is 17.0 Å². The standard InChI is InChI=1S/C28H27BrN2O4/c1-17(2)20-7-5-19(6-8-20)14-24(28(32)35-4)25-16-30(27-11-9-21(29)15-23(25)27)26-12-10-22(31(33)34)13-18(26)3/h5-13,15-17,24H,14H2,1-4H3. The monoisotopic (exact) mass is 534 g/mol. The molecule has 0 spiro atoms. The molecule has 1 aromatic heterocycles. The smallest absolute Gasteiger partial charge is 0.313 e. The lowest BCUT2D eigenvalue weighted by atomic mass is 9.90. The normalized spacial score (nSPS) is 12.2. The summed E-state index contributed by atoms with van der Waals surface area (Å²) in [7, 11) is 1.41. The predicted molar refractivity (Wildman–Crippen MR) is 141 cm³/mol. The number of benzene rings is 3. The highest BCUT2D eigenvalue weighted by molar-refractivity contribution is 9.10. The molecular weight excluding hydrogens is 508 g/mol. The number of carbonyl (C=O) groups excluding carboxylic acids is 1. The lowest BCUT2D eigenvalue weighted by molar-refractivity contribution is -0.384. The molecule has 0 aliphatic heterocycles. The molecule has 0 saturated carbocycles. The van der Waals surface area contributed by atoms with Crippen LogP contribution in [0.25, 0.3) is 16.6 Å². The molecule has 0 aliphatic rings. The number of fused-ring (bicyclic) bond motifs is 1. The zero-order chi connectivity index (χ0) is 25.3. The second-order valence-corrected chi connectivity index (χ2v) is 9.94. The lowest BCUT2D eigenvalue weighted by Crippen LogP contribution is -2.16. The molecule has 3 aromatic carbocycles. The fourth-order valence-corrected chi connectivity index (χ4v) is 4.83. The van der Waals surface area contributed by atoms with Crippen LogP contribution in [0.4, 0.5) is 5.69 Å². The SMILES string of the molecule is COC(=O)C(Cc1ccc(C(C)C)cc1)c1cn(-c2ccc([N+](=O)[O-])cc2C)c2ccc(Br)cc12. The highest BCUT2D eigenvalue weighted by atomic mass is 79.9. The average Bonchev–Trinajstić information content (AvgIpc) is 3.20. The van der Waals surface area contributed by atoms with E-state index in [9.17, 15) is 14.9 Å². The summed E-state index contributed by atoms with van der Waals surface area (Å²) in [5.74, 6) is -0.389. The van der Waals surface area contributed by atoms with Gasteiger partial charge in [-0.15, -0.1) is 0 Å². The number of hydrogen-bond acceptors (Lipinski definition) is 4. The van der Waals surface area contributed by atoms with Crippen molar-refractivity contribution in [3.63, 3.8) is 0 Å². The first kappa shape index (κ1) is 24.7. The van der Waals surface area contributed by atoms with E-state index in [-0.39, 0.29) is 11.7 Å². The van der Waals surface area contributed by atoms with Gasteiger partial charge in [-0.3, -0.25) is 14.9 Å². The molecule has 4 rings (SSSR count). The quantitative estimate of drug-likeness (QED) is 0.142. The summed E-state index contributed by atoms with van der Waals surface area (Å²) < 4.78 is 8.12. The molecule has 0 amide bonds. The van der Waals surface area contributed by atoms with Gasteiger partial charge in [0.2, 0.25) is 0 Å². The third-order valence-corrected chi connectivity index (χ3v) is 6.89. The van der Waals surface area contributed by atoms with Crippen molar-refractivity contribution in [2.75, 3.05) is 7.11 Å². The first-order chi connectivity index (χ1) is 16.7. The number of rotatable bonds is 7. The van der Waals surface area contributed by atoms with Gasteiger partial charge in [-0.05, 0) is 65.8 Å². The fraction of sp³-hybridized carbons (Fsp3) is 0.250. The summed E-state index contributed by atoms with van der Waals surface area (Å²) >= 11 is 3.56. The van der Waals surface area contributed by atoms with Gasteiger partial charge in [0.05, 0.1) is 23.5 Å². The number of esters is 1. The topological polar surface area (TPSA) is 74.4 Å². The summed E-state index contributed by atoms with van der Waals surface area (Å²) in [5.41, 5.74) is 5.68. The van der Waals surface area contributed by atoms with E-state index in [0.29, 0.717) is 12.3 Å². The molecule has 0 bridgehead atoms. The van der Waals surface area contributed by atoms with Crippen LogP contribution in [0.1, 0.15) is 47.9 Å². The van der Waals surface area contributed by atoms with E-state index < -0.39 is 10.8 Å². The molecule has 4 aromatic rings. The maximum absolute atomic E-state index is 13.0. The summed E-state index contributed by atoms with van der Waals surface area (Å²) in [6.45, 7) is 6.15. The minimum atomic E-state index is -0.513. The van der Waals surface area contributed by atoms with Crippen molar-refractivity contribution in [3.05, 3.63) is 104 Å². The van der Waals surface area contributed by atoms with E-state index in [1.807, 2.05) is 35.9 Å². The first-order valence-corrected chi connectivity index (χ1v) is 12.2. The molecule has 1 heterocycles. The Balaban J connectivity index is 1.85. The van der Waals surface area contributed by atoms with E-state index in [1.165, 1.54) is 18.7 Å². The maximum Gasteiger partial charge on any atom is 0.313 e. The van der Waals surface area contributed by atoms with Crippen molar-refractivity contribution >= 4 is 38.5 Å². The predicted octanol–water partition coefficient (Wildman–Crippen LogP) is 7.23. The highest BCUT2D eigenvalue weighted by Crippen LogP contribution is 2.36. The maximum atomic E-state index is 13.0. The van der Waals surface area contributed by atoms with Gasteiger partial charge in [-0.25, -0.2) is 0 Å². The third-order valence-electron chi connectivity index (χ3n) is 6.40. The van der Waals surface area contributed by atoms with Gasteiger partial charge in [0, 0.05) is 33.9 Å². The van der Waals surface area contributed by atoms with Gasteiger partial charge in [0.15, 0.2) is 0 Å². The third kappa shape index (κ3) is 5.00. The van der Waals surface area contributed by atoms with Gasteiger partial charge in [-0.1, -0.05) is 54.0 Å². The first-order valence-electron chi connectivity index (χ1n) is 11.4. The molecule has 0 fully saturated rings. The molecular formula is C28H27BrN2O4. The largest absolute Gasteiger partial charge is 0.469 e. The van der Waals surface area contributed by atoms with E-state index in [0.717, 1.165) is 37.8 Å². The second kappa shape index (κ2) is 10.0. The molecule has 35 heavy (non-hydrogen) atoms. The number of hydrogen-bond donors (Lipinski definition) is 0. The second-order valence-electron chi connectivity index (χ2n) is 9.02. The number of nitrogens with zero attached hydrogens (tertiary/aromatic N) is 2. The molecule has 1 unspecified atom stereocenters. The van der Waals surface area contributed by atoms with Gasteiger partial charge in [0.25, 0.3) is 5.69 Å². The van der Waals surface area contributed by atoms with Crippen molar-refractivity contribution < 1.29 is 14.5 Å². The number of aryl methyl sites for hydroxylation is 1. The molecule has 0 radical (unpaired) electrons. The Kier molecular flexibility index (Phi) is 7.08. The number of nitro groups is 1. The Morgan fingerprint density at radius 1 is 1.09 bits per heavy atom. The van der Waals surface area contributed by atoms with Crippen LogP contribution in [0.2, 0.25) is 0 Å². The van der Waals surface area contributed by atoms with E-state index in [4.69, 9.17) is 4.74 Å². The Bertz CT molecular complexity index is 1410. The Morgan fingerprint density at radius 3 is 2.40 bits per heavy atom. The Hall–Kier alpha value is -3.45. The van der Waals surface area contributed by atoms with Crippen LogP contribution in [0.3, 0.4) is 0 Å². The average molecular weight is 535 g/mol. The van der Waals surface area contributed by atoms with Crippen LogP contribution in [-0.4, -0.2) is 22.6 Å². The summed E-state index contributed by atoms with van der Waals surface area (Å²) in [6, 6.07) is 19.1. The van der Waals surface area contributed by atoms with Gasteiger partial charge in [-0.2, -0.15) is 0 Å². The minimum Gasteiger partial charge on any atom is -0.469 e. The number of methoxy groups -OCH3 is 1. The molecule has 0 saturated heterocycles. The molecule has 0 N–H and O–H groups in total. The number of carbonyl (C=O) groups is 1. The van der Waals surface area contributed by atoms with Crippen LogP contribution in [0.5, 0.6) is 0 Å². The molecule has 1 atom stereocenters. The lowest BCUT2D eigenvalue weighted by Gasteiger charge is -2.15. The highest BCUT2D eigenvalue weighted by Gasteiger charge is 2.27. The van der Waals surface area contributed by atoms with E-state index in [2.05, 4.69) is 54.0 Å². The van der Waals surface area contributed by atoms with Crippen LogP contribution in [-0.2, 0) is 16.0 Å². The number of ether oxygens (including phenoxy) is 1. The van der Waals surface area contributed by atoms with Crippen molar-refractivity contribution in [2.24, 2.45) is 0 Å². The molecule has 0 aliphatic carbocycles. The van der Waals surface area contributed by atoms with Crippen LogP contribution < -0.4 is 0 Å². The van der Waals surface area contributed by atoms with Crippen molar-refractivity contribution in [2.45, 2.75) is 39.0 Å². The summed E-state index contributed by atoms with van der Waals surface area (Å²) in [6.07, 6.45) is 2.45. The van der Waals surface area contributed by atoms with Crippen molar-refractivity contribution in [1.82, 2.24) is 4.57 Å².